The van der Waals surface area contributed by atoms with Crippen molar-refractivity contribution in [3.05, 3.63) is 66.2 Å². The molecule has 122 valence electrons. The minimum absolute atomic E-state index is 0.0737. The third kappa shape index (κ3) is 4.42. The van der Waals surface area contributed by atoms with Gasteiger partial charge in [-0.1, -0.05) is 55.5 Å². The van der Waals surface area contributed by atoms with Crippen molar-refractivity contribution in [3.63, 3.8) is 0 Å². The molecule has 23 heavy (non-hydrogen) atoms. The van der Waals surface area contributed by atoms with E-state index in [2.05, 4.69) is 0 Å². The Morgan fingerprint density at radius 3 is 2.04 bits per heavy atom. The highest BCUT2D eigenvalue weighted by atomic mass is 32.2. The van der Waals surface area contributed by atoms with Crippen molar-refractivity contribution in [2.45, 2.75) is 30.1 Å². The summed E-state index contributed by atoms with van der Waals surface area (Å²) in [6.07, 6.45) is 0.189. The van der Waals surface area contributed by atoms with Gasteiger partial charge < -0.3 is 5.11 Å². The molecule has 0 heterocycles. The molecule has 0 aliphatic heterocycles. The maximum absolute atomic E-state index is 12.7. The van der Waals surface area contributed by atoms with Crippen LogP contribution in [0.25, 0.3) is 0 Å². The summed E-state index contributed by atoms with van der Waals surface area (Å²) in [5.41, 5.74) is 0.0784. The lowest BCUT2D eigenvalue weighted by Crippen LogP contribution is -2.32. The number of carboxylic acid groups (broad SMARTS) is 1. The first-order chi connectivity index (χ1) is 10.8. The first kappa shape index (κ1) is 17.2. The van der Waals surface area contributed by atoms with Gasteiger partial charge in [0.15, 0.2) is 9.84 Å². The van der Waals surface area contributed by atoms with Crippen molar-refractivity contribution in [1.29, 1.82) is 0 Å². The van der Waals surface area contributed by atoms with E-state index in [-0.39, 0.29) is 23.5 Å². The zero-order chi connectivity index (χ0) is 16.9. The van der Waals surface area contributed by atoms with Crippen LogP contribution in [0, 0.1) is 0 Å². The van der Waals surface area contributed by atoms with Gasteiger partial charge in [-0.3, -0.25) is 4.79 Å². The van der Waals surface area contributed by atoms with E-state index < -0.39 is 21.2 Å². The Morgan fingerprint density at radius 1 is 1.00 bits per heavy atom. The molecule has 0 saturated carbocycles. The molecule has 0 radical (unpaired) electrons. The molecule has 0 bridgehead atoms. The second kappa shape index (κ2) is 6.96. The first-order valence-electron chi connectivity index (χ1n) is 7.39. The third-order valence-corrected chi connectivity index (χ3v) is 5.98. The monoisotopic (exact) mass is 332 g/mol. The lowest BCUT2D eigenvalue weighted by atomic mass is 9.80. The molecule has 0 saturated heterocycles. The summed E-state index contributed by atoms with van der Waals surface area (Å²) in [5.74, 6) is -1.05. The number of benzene rings is 2. The Labute approximate surface area is 136 Å². The van der Waals surface area contributed by atoms with E-state index >= 15 is 0 Å². The van der Waals surface area contributed by atoms with Crippen molar-refractivity contribution >= 4 is 15.8 Å². The van der Waals surface area contributed by atoms with Crippen LogP contribution in [0.5, 0.6) is 0 Å². The van der Waals surface area contributed by atoms with Gasteiger partial charge in [0, 0.05) is 11.8 Å². The highest BCUT2D eigenvalue weighted by molar-refractivity contribution is 7.91. The summed E-state index contributed by atoms with van der Waals surface area (Å²) in [6.45, 7) is 1.81. The smallest absolute Gasteiger partial charge is 0.303 e. The summed E-state index contributed by atoms with van der Waals surface area (Å²) in [5, 5.41) is 8.99. The standard InChI is InChI=1S/C18H20O4S/c1-18(13-12-17(19)20,15-8-4-2-5-9-15)14-23(21,22)16-10-6-3-7-11-16/h2-11H,12-14H2,1H3,(H,19,20). The zero-order valence-electron chi connectivity index (χ0n) is 13.0. The zero-order valence-corrected chi connectivity index (χ0v) is 13.8. The van der Waals surface area contributed by atoms with Crippen molar-refractivity contribution in [3.8, 4) is 0 Å². The van der Waals surface area contributed by atoms with E-state index in [9.17, 15) is 13.2 Å². The Hall–Kier alpha value is -2.14. The molecule has 2 rings (SSSR count). The summed E-state index contributed by atoms with van der Waals surface area (Å²) in [4.78, 5) is 11.2. The molecule has 1 N–H and O–H groups in total. The molecule has 2 aromatic carbocycles. The van der Waals surface area contributed by atoms with E-state index in [4.69, 9.17) is 5.11 Å². The fourth-order valence-electron chi connectivity index (χ4n) is 2.65. The quantitative estimate of drug-likeness (QED) is 0.844. The van der Waals surface area contributed by atoms with Gasteiger partial charge in [-0.25, -0.2) is 8.42 Å². The molecular formula is C18H20O4S. The van der Waals surface area contributed by atoms with E-state index in [1.165, 1.54) is 0 Å². The van der Waals surface area contributed by atoms with E-state index in [0.717, 1.165) is 5.56 Å². The molecule has 1 unspecified atom stereocenters. The predicted octanol–water partition coefficient (Wildman–Crippen LogP) is 3.28. The van der Waals surface area contributed by atoms with Crippen LogP contribution in [0.4, 0.5) is 0 Å². The highest BCUT2D eigenvalue weighted by Gasteiger charge is 2.33. The maximum atomic E-state index is 12.7. The van der Waals surface area contributed by atoms with Crippen LogP contribution in [-0.2, 0) is 20.0 Å². The normalized spacial score (nSPS) is 14.1. The molecule has 0 spiro atoms. The Morgan fingerprint density at radius 2 is 1.52 bits per heavy atom. The van der Waals surface area contributed by atoms with E-state index in [0.29, 0.717) is 0 Å². The molecular weight excluding hydrogens is 312 g/mol. The average Bonchev–Trinajstić information content (AvgIpc) is 2.54. The fourth-order valence-corrected chi connectivity index (χ4v) is 4.54. The summed E-state index contributed by atoms with van der Waals surface area (Å²) in [7, 11) is -3.51. The molecule has 0 aliphatic carbocycles. The van der Waals surface area contributed by atoms with Crippen LogP contribution in [0.15, 0.2) is 65.6 Å². The molecule has 0 aliphatic rings. The summed E-state index contributed by atoms with van der Waals surface area (Å²) in [6, 6.07) is 17.5. The van der Waals surface area contributed by atoms with Crippen LogP contribution < -0.4 is 0 Å². The van der Waals surface area contributed by atoms with E-state index in [1.807, 2.05) is 37.3 Å². The minimum atomic E-state index is -3.51. The van der Waals surface area contributed by atoms with Crippen molar-refractivity contribution in [2.24, 2.45) is 0 Å². The van der Waals surface area contributed by atoms with Crippen LogP contribution >= 0.6 is 0 Å². The SMILES string of the molecule is CC(CCC(=O)O)(CS(=O)(=O)c1ccccc1)c1ccccc1. The average molecular weight is 332 g/mol. The van der Waals surface area contributed by atoms with Crippen LogP contribution in [0.3, 0.4) is 0 Å². The third-order valence-electron chi connectivity index (χ3n) is 3.97. The molecule has 5 heteroatoms. The topological polar surface area (TPSA) is 71.4 Å². The number of sulfone groups is 1. The van der Waals surface area contributed by atoms with E-state index in [1.54, 1.807) is 30.3 Å². The van der Waals surface area contributed by atoms with Crippen LogP contribution in [-0.4, -0.2) is 25.2 Å². The lowest BCUT2D eigenvalue weighted by molar-refractivity contribution is -0.137. The number of rotatable bonds is 7. The highest BCUT2D eigenvalue weighted by Crippen LogP contribution is 2.32. The predicted molar refractivity (Wildman–Crippen MR) is 89.2 cm³/mol. The number of carboxylic acids is 1. The molecule has 0 amide bonds. The van der Waals surface area contributed by atoms with Crippen LogP contribution in [0.1, 0.15) is 25.3 Å². The van der Waals surface area contributed by atoms with Gasteiger partial charge in [-0.05, 0) is 24.1 Å². The van der Waals surface area contributed by atoms with Gasteiger partial charge >= 0.3 is 5.97 Å². The lowest BCUT2D eigenvalue weighted by Gasteiger charge is -2.29. The molecule has 2 aromatic rings. The van der Waals surface area contributed by atoms with Crippen LogP contribution in [0.2, 0.25) is 0 Å². The van der Waals surface area contributed by atoms with Gasteiger partial charge in [0.2, 0.25) is 0 Å². The molecule has 1 atom stereocenters. The van der Waals surface area contributed by atoms with Crippen molar-refractivity contribution < 1.29 is 18.3 Å². The molecule has 0 fully saturated rings. The number of hydrogen-bond acceptors (Lipinski definition) is 3. The summed E-state index contributed by atoms with van der Waals surface area (Å²) >= 11 is 0. The largest absolute Gasteiger partial charge is 0.481 e. The van der Waals surface area contributed by atoms with Gasteiger partial charge in [-0.15, -0.1) is 0 Å². The maximum Gasteiger partial charge on any atom is 0.303 e. The number of carbonyl (C=O) groups is 1. The Balaban J connectivity index is 2.37. The van der Waals surface area contributed by atoms with Gasteiger partial charge in [0.05, 0.1) is 10.6 Å². The minimum Gasteiger partial charge on any atom is -0.481 e. The fraction of sp³-hybridized carbons (Fsp3) is 0.278. The van der Waals surface area contributed by atoms with Crippen molar-refractivity contribution in [2.75, 3.05) is 5.75 Å². The van der Waals surface area contributed by atoms with Gasteiger partial charge in [-0.2, -0.15) is 0 Å². The second-order valence-corrected chi connectivity index (χ2v) is 7.88. The number of aliphatic carboxylic acids is 1. The molecule has 4 nitrogen and oxygen atoms in total. The second-order valence-electron chi connectivity index (χ2n) is 5.89. The number of hydrogen-bond donors (Lipinski definition) is 1. The molecule has 0 aromatic heterocycles. The Bertz CT molecular complexity index is 754. The van der Waals surface area contributed by atoms with Gasteiger partial charge in [0.1, 0.15) is 0 Å². The Kier molecular flexibility index (Phi) is 5.21. The van der Waals surface area contributed by atoms with Crippen molar-refractivity contribution in [1.82, 2.24) is 0 Å². The van der Waals surface area contributed by atoms with Gasteiger partial charge in [0.25, 0.3) is 0 Å². The summed E-state index contributed by atoms with van der Waals surface area (Å²) < 4.78 is 25.4. The first-order valence-corrected chi connectivity index (χ1v) is 9.04.